The largest absolute Gasteiger partial charge is 0.497 e. The van der Waals surface area contributed by atoms with E-state index in [1.165, 1.54) is 0 Å². The van der Waals surface area contributed by atoms with E-state index in [0.29, 0.717) is 17.9 Å². The number of hydrogen-bond acceptors (Lipinski definition) is 4. The van der Waals surface area contributed by atoms with Crippen molar-refractivity contribution in [1.82, 2.24) is 5.32 Å². The summed E-state index contributed by atoms with van der Waals surface area (Å²) in [5.41, 5.74) is 2.38. The minimum absolute atomic E-state index is 0.150. The van der Waals surface area contributed by atoms with Crippen LogP contribution in [0.3, 0.4) is 0 Å². The Morgan fingerprint density at radius 2 is 1.65 bits per heavy atom. The van der Waals surface area contributed by atoms with Crippen molar-refractivity contribution in [3.05, 3.63) is 53.1 Å². The van der Waals surface area contributed by atoms with Crippen LogP contribution in [0.2, 0.25) is 0 Å². The second kappa shape index (κ2) is 7.54. The number of benzene rings is 2. The molecule has 122 valence electrons. The summed E-state index contributed by atoms with van der Waals surface area (Å²) in [4.78, 5) is 12.2. The third kappa shape index (κ3) is 3.74. The van der Waals surface area contributed by atoms with Crippen molar-refractivity contribution in [3.8, 4) is 17.2 Å². The lowest BCUT2D eigenvalue weighted by atomic mass is 10.1. The molecule has 2 rings (SSSR count). The summed E-state index contributed by atoms with van der Waals surface area (Å²) in [6.07, 6.45) is 0. The van der Waals surface area contributed by atoms with Crippen LogP contribution < -0.4 is 19.5 Å². The third-order valence-electron chi connectivity index (χ3n) is 3.65. The lowest BCUT2D eigenvalue weighted by Gasteiger charge is -2.15. The highest BCUT2D eigenvalue weighted by atomic mass is 16.5. The fraction of sp³-hybridized carbons (Fsp3) is 0.278. The molecule has 0 bridgehead atoms. The van der Waals surface area contributed by atoms with E-state index < -0.39 is 0 Å². The Morgan fingerprint density at radius 1 is 0.957 bits per heavy atom. The lowest BCUT2D eigenvalue weighted by Crippen LogP contribution is -2.23. The summed E-state index contributed by atoms with van der Waals surface area (Å²) in [5, 5.41) is 2.89. The molecule has 0 saturated heterocycles. The molecule has 1 N–H and O–H groups in total. The van der Waals surface area contributed by atoms with Gasteiger partial charge in [0.15, 0.2) is 0 Å². The molecule has 5 heteroatoms. The number of carbonyl (C=O) groups excluding carboxylic acids is 1. The first-order chi connectivity index (χ1) is 11.1. The zero-order valence-electron chi connectivity index (χ0n) is 13.8. The Balaban J connectivity index is 2.10. The molecular formula is C18H21NO4. The normalized spacial score (nSPS) is 10.1. The Bertz CT molecular complexity index is 680. The lowest BCUT2D eigenvalue weighted by molar-refractivity contribution is 0.0950. The smallest absolute Gasteiger partial charge is 0.251 e. The van der Waals surface area contributed by atoms with Crippen LogP contribution in [-0.2, 0) is 6.54 Å². The molecule has 0 aromatic heterocycles. The summed E-state index contributed by atoms with van der Waals surface area (Å²) in [5.74, 6) is 2.05. The van der Waals surface area contributed by atoms with Gasteiger partial charge in [0.25, 0.3) is 5.91 Å². The number of nitrogens with one attached hydrogen (secondary N) is 1. The standard InChI is InChI=1S/C18H21NO4/c1-12-16(22-3)10-7-14(17(12)23-4)11-19-18(20)13-5-8-15(21-2)9-6-13/h5-10H,11H2,1-4H3,(H,19,20). The zero-order valence-corrected chi connectivity index (χ0v) is 13.8. The summed E-state index contributed by atoms with van der Waals surface area (Å²) in [6, 6.07) is 10.7. The summed E-state index contributed by atoms with van der Waals surface area (Å²) < 4.78 is 15.8. The minimum atomic E-state index is -0.150. The average Bonchev–Trinajstić information content (AvgIpc) is 2.59. The molecule has 0 atom stereocenters. The van der Waals surface area contributed by atoms with E-state index in [9.17, 15) is 4.79 Å². The van der Waals surface area contributed by atoms with Crippen LogP contribution in [-0.4, -0.2) is 27.2 Å². The molecule has 23 heavy (non-hydrogen) atoms. The molecule has 2 aromatic rings. The Hall–Kier alpha value is -2.69. The van der Waals surface area contributed by atoms with Gasteiger partial charge in [-0.25, -0.2) is 0 Å². The second-order valence-electron chi connectivity index (χ2n) is 5.00. The van der Waals surface area contributed by atoms with Crippen LogP contribution in [0.4, 0.5) is 0 Å². The summed E-state index contributed by atoms with van der Waals surface area (Å²) in [6.45, 7) is 2.30. The zero-order chi connectivity index (χ0) is 16.8. The van der Waals surface area contributed by atoms with Gasteiger partial charge in [0.05, 0.1) is 21.3 Å². The minimum Gasteiger partial charge on any atom is -0.497 e. The van der Waals surface area contributed by atoms with Gasteiger partial charge < -0.3 is 19.5 Å². The highest BCUT2D eigenvalue weighted by molar-refractivity contribution is 5.94. The molecule has 1 amide bonds. The van der Waals surface area contributed by atoms with Crippen molar-refractivity contribution < 1.29 is 19.0 Å². The van der Waals surface area contributed by atoms with Crippen LogP contribution >= 0.6 is 0 Å². The maximum Gasteiger partial charge on any atom is 0.251 e. The number of hydrogen-bond donors (Lipinski definition) is 1. The Kier molecular flexibility index (Phi) is 5.46. The number of rotatable bonds is 6. The summed E-state index contributed by atoms with van der Waals surface area (Å²) in [7, 11) is 4.82. The quantitative estimate of drug-likeness (QED) is 0.890. The van der Waals surface area contributed by atoms with E-state index in [1.54, 1.807) is 45.6 Å². The van der Waals surface area contributed by atoms with E-state index >= 15 is 0 Å². The number of methoxy groups -OCH3 is 3. The van der Waals surface area contributed by atoms with Crippen LogP contribution in [0.5, 0.6) is 17.2 Å². The number of ether oxygens (including phenoxy) is 3. The number of amides is 1. The fourth-order valence-corrected chi connectivity index (χ4v) is 2.39. The van der Waals surface area contributed by atoms with Crippen molar-refractivity contribution in [2.45, 2.75) is 13.5 Å². The van der Waals surface area contributed by atoms with Crippen molar-refractivity contribution in [1.29, 1.82) is 0 Å². The molecule has 5 nitrogen and oxygen atoms in total. The molecule has 0 saturated carbocycles. The van der Waals surface area contributed by atoms with Gasteiger partial charge in [0.2, 0.25) is 0 Å². The molecule has 0 unspecified atom stereocenters. The van der Waals surface area contributed by atoms with E-state index in [1.807, 2.05) is 19.1 Å². The van der Waals surface area contributed by atoms with Gasteiger partial charge in [-0.05, 0) is 43.3 Å². The topological polar surface area (TPSA) is 56.8 Å². The average molecular weight is 315 g/mol. The van der Waals surface area contributed by atoms with Gasteiger partial charge in [-0.3, -0.25) is 4.79 Å². The molecule has 0 aliphatic rings. The number of carbonyl (C=O) groups is 1. The van der Waals surface area contributed by atoms with Crippen molar-refractivity contribution >= 4 is 5.91 Å². The Morgan fingerprint density at radius 3 is 2.22 bits per heavy atom. The SMILES string of the molecule is COc1ccc(C(=O)NCc2ccc(OC)c(C)c2OC)cc1. The van der Waals surface area contributed by atoms with E-state index in [4.69, 9.17) is 14.2 Å². The van der Waals surface area contributed by atoms with Crippen molar-refractivity contribution in [2.75, 3.05) is 21.3 Å². The first-order valence-corrected chi connectivity index (χ1v) is 7.23. The molecule has 0 fully saturated rings. The Labute approximate surface area is 136 Å². The van der Waals surface area contributed by atoms with Crippen LogP contribution in [0.25, 0.3) is 0 Å². The fourth-order valence-electron chi connectivity index (χ4n) is 2.39. The van der Waals surface area contributed by atoms with Crippen molar-refractivity contribution in [2.24, 2.45) is 0 Å². The maximum atomic E-state index is 12.2. The van der Waals surface area contributed by atoms with Crippen molar-refractivity contribution in [3.63, 3.8) is 0 Å². The van der Waals surface area contributed by atoms with Gasteiger partial charge in [-0.15, -0.1) is 0 Å². The molecule has 0 heterocycles. The molecule has 0 aliphatic carbocycles. The summed E-state index contributed by atoms with van der Waals surface area (Å²) >= 11 is 0. The van der Waals surface area contributed by atoms with E-state index in [0.717, 1.165) is 22.6 Å². The highest BCUT2D eigenvalue weighted by Crippen LogP contribution is 2.31. The highest BCUT2D eigenvalue weighted by Gasteiger charge is 2.12. The molecular weight excluding hydrogens is 294 g/mol. The third-order valence-corrected chi connectivity index (χ3v) is 3.65. The predicted octanol–water partition coefficient (Wildman–Crippen LogP) is 2.95. The monoisotopic (exact) mass is 315 g/mol. The first kappa shape index (κ1) is 16.7. The molecule has 0 aliphatic heterocycles. The molecule has 0 radical (unpaired) electrons. The van der Waals surface area contributed by atoms with E-state index in [2.05, 4.69) is 5.32 Å². The van der Waals surface area contributed by atoms with Gasteiger partial charge in [0, 0.05) is 23.2 Å². The molecule has 2 aromatic carbocycles. The second-order valence-corrected chi connectivity index (χ2v) is 5.00. The van der Waals surface area contributed by atoms with Crippen LogP contribution in [0, 0.1) is 6.92 Å². The van der Waals surface area contributed by atoms with Crippen LogP contribution in [0.15, 0.2) is 36.4 Å². The first-order valence-electron chi connectivity index (χ1n) is 7.23. The maximum absolute atomic E-state index is 12.2. The predicted molar refractivity (Wildman–Crippen MR) is 88.4 cm³/mol. The van der Waals surface area contributed by atoms with Gasteiger partial charge in [-0.1, -0.05) is 0 Å². The van der Waals surface area contributed by atoms with Crippen LogP contribution in [0.1, 0.15) is 21.5 Å². The van der Waals surface area contributed by atoms with E-state index in [-0.39, 0.29) is 5.91 Å². The molecule has 0 spiro atoms. The van der Waals surface area contributed by atoms with Gasteiger partial charge >= 0.3 is 0 Å². The van der Waals surface area contributed by atoms with Gasteiger partial charge in [-0.2, -0.15) is 0 Å². The van der Waals surface area contributed by atoms with Gasteiger partial charge in [0.1, 0.15) is 17.2 Å².